The van der Waals surface area contributed by atoms with Crippen LogP contribution in [0.2, 0.25) is 0 Å². The molecule has 1 aliphatic carbocycles. The number of hydrogen-bond acceptors (Lipinski definition) is 6. The number of hydrogen-bond donors (Lipinski definition) is 2. The molecular formula is C15H16N4O3S. The Morgan fingerprint density at radius 1 is 1.30 bits per heavy atom. The number of carbonyl (C=O) groups excluding carboxylic acids is 1. The lowest BCUT2D eigenvalue weighted by Crippen LogP contribution is -2.33. The molecule has 0 unspecified atom stereocenters. The summed E-state index contributed by atoms with van der Waals surface area (Å²) in [7, 11) is 0. The van der Waals surface area contributed by atoms with E-state index in [1.54, 1.807) is 25.4 Å². The first-order valence-corrected chi connectivity index (χ1v) is 8.14. The number of aromatic nitrogens is 3. The zero-order valence-electron chi connectivity index (χ0n) is 12.5. The average molecular weight is 332 g/mol. The Labute approximate surface area is 136 Å². The molecular weight excluding hydrogens is 316 g/mol. The molecule has 1 aliphatic rings. The van der Waals surface area contributed by atoms with Crippen molar-refractivity contribution in [3.63, 3.8) is 0 Å². The molecule has 0 spiro atoms. The Kier molecular flexibility index (Phi) is 4.33. The largest absolute Gasteiger partial charge is 0.481 e. The van der Waals surface area contributed by atoms with E-state index in [0.29, 0.717) is 40.7 Å². The molecule has 120 valence electrons. The molecule has 23 heavy (non-hydrogen) atoms. The van der Waals surface area contributed by atoms with Crippen LogP contribution in [0.1, 0.15) is 34.6 Å². The minimum absolute atomic E-state index is 0.0958. The highest BCUT2D eigenvalue weighted by Crippen LogP contribution is 2.28. The van der Waals surface area contributed by atoms with E-state index in [-0.39, 0.29) is 17.9 Å². The molecule has 0 saturated heterocycles. The van der Waals surface area contributed by atoms with Gasteiger partial charge in [-0.2, -0.15) is 0 Å². The Balaban J connectivity index is 1.71. The third kappa shape index (κ3) is 3.37. The first-order valence-electron chi connectivity index (χ1n) is 7.33. The maximum absolute atomic E-state index is 12.4. The molecule has 2 heterocycles. The minimum Gasteiger partial charge on any atom is -0.481 e. The lowest BCUT2D eigenvalue weighted by molar-refractivity contribution is -0.141. The smallest absolute Gasteiger partial charge is 0.306 e. The van der Waals surface area contributed by atoms with E-state index in [1.165, 1.54) is 11.3 Å². The van der Waals surface area contributed by atoms with E-state index >= 15 is 0 Å². The molecule has 1 amide bonds. The quantitative estimate of drug-likeness (QED) is 0.886. The molecule has 2 atom stereocenters. The van der Waals surface area contributed by atoms with Gasteiger partial charge in [0.05, 0.1) is 11.6 Å². The van der Waals surface area contributed by atoms with Crippen molar-refractivity contribution < 1.29 is 14.7 Å². The summed E-state index contributed by atoms with van der Waals surface area (Å²) in [6, 6.07) is 1.62. The summed E-state index contributed by atoms with van der Waals surface area (Å²) in [5.74, 6) is -0.875. The number of carbonyl (C=O) groups is 2. The minimum atomic E-state index is -0.792. The van der Waals surface area contributed by atoms with E-state index in [0.717, 1.165) is 0 Å². The highest BCUT2D eigenvalue weighted by atomic mass is 32.1. The van der Waals surface area contributed by atoms with Crippen LogP contribution in [-0.4, -0.2) is 38.0 Å². The molecule has 8 heteroatoms. The summed E-state index contributed by atoms with van der Waals surface area (Å²) in [5, 5.41) is 12.5. The second kappa shape index (κ2) is 6.41. The Hall–Kier alpha value is -2.35. The number of carboxylic acids is 1. The van der Waals surface area contributed by atoms with Crippen LogP contribution >= 0.6 is 11.3 Å². The second-order valence-electron chi connectivity index (χ2n) is 5.52. The van der Waals surface area contributed by atoms with Gasteiger partial charge in [-0.15, -0.1) is 11.3 Å². The first kappa shape index (κ1) is 15.5. The summed E-state index contributed by atoms with van der Waals surface area (Å²) in [6.07, 6.45) is 5.03. The monoisotopic (exact) mass is 332 g/mol. The fourth-order valence-corrected chi connectivity index (χ4v) is 3.62. The molecule has 2 N–H and O–H groups in total. The van der Waals surface area contributed by atoms with Gasteiger partial charge in [0.25, 0.3) is 5.91 Å². The molecule has 0 bridgehead atoms. The van der Waals surface area contributed by atoms with Crippen molar-refractivity contribution in [2.45, 2.75) is 32.2 Å². The number of rotatable bonds is 4. The lowest BCUT2D eigenvalue weighted by atomic mass is 10.1. The Bertz CT molecular complexity index is 732. The van der Waals surface area contributed by atoms with Crippen molar-refractivity contribution in [3.05, 3.63) is 29.0 Å². The number of carboxylic acid groups (broad SMARTS) is 1. The van der Waals surface area contributed by atoms with Crippen LogP contribution in [0.15, 0.2) is 18.5 Å². The molecule has 0 aliphatic heterocycles. The molecule has 0 aromatic carbocycles. The normalized spacial score (nSPS) is 20.4. The third-order valence-corrected chi connectivity index (χ3v) is 5.03. The van der Waals surface area contributed by atoms with Gasteiger partial charge in [-0.05, 0) is 32.3 Å². The molecule has 2 aromatic rings. The summed E-state index contributed by atoms with van der Waals surface area (Å²) in [4.78, 5) is 36.5. The van der Waals surface area contributed by atoms with Gasteiger partial charge >= 0.3 is 5.97 Å². The van der Waals surface area contributed by atoms with Crippen molar-refractivity contribution in [2.24, 2.45) is 5.92 Å². The molecule has 1 fully saturated rings. The van der Waals surface area contributed by atoms with Gasteiger partial charge in [-0.25, -0.2) is 15.0 Å². The molecule has 1 saturated carbocycles. The summed E-state index contributed by atoms with van der Waals surface area (Å²) >= 11 is 1.25. The number of nitrogens with one attached hydrogen (secondary N) is 1. The van der Waals surface area contributed by atoms with Crippen molar-refractivity contribution in [2.75, 3.05) is 0 Å². The fourth-order valence-electron chi connectivity index (χ4n) is 2.70. The van der Waals surface area contributed by atoms with Gasteiger partial charge in [-0.3, -0.25) is 9.59 Å². The number of thiazole rings is 1. The van der Waals surface area contributed by atoms with Crippen LogP contribution in [0.5, 0.6) is 0 Å². The van der Waals surface area contributed by atoms with Crippen LogP contribution in [-0.2, 0) is 4.79 Å². The SMILES string of the molecule is Cc1nc(-c2ncccn2)sc1C(=O)N[C@H]1CC[C@@H](C(=O)O)C1. The van der Waals surface area contributed by atoms with Crippen LogP contribution in [0.3, 0.4) is 0 Å². The zero-order chi connectivity index (χ0) is 16.4. The lowest BCUT2D eigenvalue weighted by Gasteiger charge is -2.11. The van der Waals surface area contributed by atoms with Crippen molar-refractivity contribution >= 4 is 23.2 Å². The Morgan fingerprint density at radius 2 is 2.04 bits per heavy atom. The highest BCUT2D eigenvalue weighted by Gasteiger charge is 2.31. The summed E-state index contributed by atoms with van der Waals surface area (Å²) in [6.45, 7) is 1.77. The van der Waals surface area contributed by atoms with E-state index in [2.05, 4.69) is 20.3 Å². The molecule has 7 nitrogen and oxygen atoms in total. The van der Waals surface area contributed by atoms with E-state index in [9.17, 15) is 9.59 Å². The van der Waals surface area contributed by atoms with Crippen molar-refractivity contribution in [3.8, 4) is 10.8 Å². The third-order valence-electron chi connectivity index (χ3n) is 3.88. The predicted molar refractivity (Wildman–Crippen MR) is 84.1 cm³/mol. The van der Waals surface area contributed by atoms with E-state index in [4.69, 9.17) is 5.11 Å². The molecule has 2 aromatic heterocycles. The van der Waals surface area contributed by atoms with Gasteiger partial charge in [0.1, 0.15) is 4.88 Å². The van der Waals surface area contributed by atoms with E-state index in [1.807, 2.05) is 0 Å². The first-order chi connectivity index (χ1) is 11.0. The average Bonchev–Trinajstić information content (AvgIpc) is 3.15. The topological polar surface area (TPSA) is 105 Å². The van der Waals surface area contributed by atoms with Crippen LogP contribution in [0.25, 0.3) is 10.8 Å². The van der Waals surface area contributed by atoms with Gasteiger partial charge in [0, 0.05) is 18.4 Å². The maximum atomic E-state index is 12.4. The maximum Gasteiger partial charge on any atom is 0.306 e. The number of aliphatic carboxylic acids is 1. The molecule has 0 radical (unpaired) electrons. The zero-order valence-corrected chi connectivity index (χ0v) is 13.3. The van der Waals surface area contributed by atoms with Crippen molar-refractivity contribution in [1.82, 2.24) is 20.3 Å². The van der Waals surface area contributed by atoms with Gasteiger partial charge in [0.2, 0.25) is 0 Å². The predicted octanol–water partition coefficient (Wildman–Crippen LogP) is 1.89. The van der Waals surface area contributed by atoms with Crippen LogP contribution in [0, 0.1) is 12.8 Å². The van der Waals surface area contributed by atoms with Crippen LogP contribution < -0.4 is 5.32 Å². The Morgan fingerprint density at radius 3 is 2.70 bits per heavy atom. The van der Waals surface area contributed by atoms with E-state index < -0.39 is 5.97 Å². The van der Waals surface area contributed by atoms with Gasteiger partial charge in [-0.1, -0.05) is 0 Å². The summed E-state index contributed by atoms with van der Waals surface area (Å²) in [5.41, 5.74) is 0.628. The number of amides is 1. The number of aryl methyl sites for hydroxylation is 1. The molecule has 3 rings (SSSR count). The van der Waals surface area contributed by atoms with Crippen molar-refractivity contribution in [1.29, 1.82) is 0 Å². The number of nitrogens with zero attached hydrogens (tertiary/aromatic N) is 3. The second-order valence-corrected chi connectivity index (χ2v) is 6.52. The van der Waals surface area contributed by atoms with Crippen LogP contribution in [0.4, 0.5) is 0 Å². The van der Waals surface area contributed by atoms with Gasteiger partial charge < -0.3 is 10.4 Å². The standard InChI is InChI=1S/C15H16N4O3S/c1-8-11(23-14(18-8)12-16-5-2-6-17-12)13(20)19-10-4-3-9(7-10)15(21)22/h2,5-6,9-10H,3-4,7H2,1H3,(H,19,20)(H,21,22)/t9-,10+/m1/s1. The van der Waals surface area contributed by atoms with Gasteiger partial charge in [0.15, 0.2) is 10.8 Å². The highest BCUT2D eigenvalue weighted by molar-refractivity contribution is 7.17. The summed E-state index contributed by atoms with van der Waals surface area (Å²) < 4.78 is 0. The fraction of sp³-hybridized carbons (Fsp3) is 0.400.